The van der Waals surface area contributed by atoms with Crippen LogP contribution in [0.2, 0.25) is 0 Å². The number of carboxylic acid groups (broad SMARTS) is 1. The van der Waals surface area contributed by atoms with Crippen LogP contribution in [0.4, 0.5) is 18.0 Å². The molecule has 7 N–H and O–H groups in total. The van der Waals surface area contributed by atoms with Crippen molar-refractivity contribution in [3.8, 4) is 11.1 Å². The van der Waals surface area contributed by atoms with Crippen LogP contribution >= 0.6 is 11.3 Å². The van der Waals surface area contributed by atoms with E-state index in [1.165, 1.54) is 48.6 Å². The molecular weight excluding hydrogens is 691 g/mol. The van der Waals surface area contributed by atoms with E-state index >= 15 is 4.39 Å². The maximum atomic E-state index is 16.5. The van der Waals surface area contributed by atoms with Gasteiger partial charge in [0.2, 0.25) is 17.7 Å². The van der Waals surface area contributed by atoms with E-state index in [9.17, 15) is 37.9 Å². The Labute approximate surface area is 294 Å². The number of thiophene rings is 1. The van der Waals surface area contributed by atoms with Crippen molar-refractivity contribution >= 4 is 46.9 Å². The largest absolute Gasteiger partial charge is 0.465 e. The number of halogens is 3. The molecule has 0 spiro atoms. The number of benzene rings is 2. The highest BCUT2D eigenvalue weighted by molar-refractivity contribution is 7.10. The lowest BCUT2D eigenvalue weighted by Gasteiger charge is -2.28. The maximum absolute atomic E-state index is 16.5. The number of nitrogens with zero attached hydrogens (tertiary/aromatic N) is 2. The number of fused-ring (bicyclic) bond motifs is 3. The first-order valence-electron chi connectivity index (χ1n) is 15.8. The highest BCUT2D eigenvalue weighted by Gasteiger charge is 2.51. The Kier molecular flexibility index (Phi) is 10.4. The number of nitrogens with one attached hydrogen (secondary N) is 4. The number of rotatable bonds is 12. The number of hydrogen-bond acceptors (Lipinski definition) is 7. The van der Waals surface area contributed by atoms with Gasteiger partial charge in [-0.25, -0.2) is 9.18 Å². The Balaban J connectivity index is 1.33. The van der Waals surface area contributed by atoms with E-state index in [2.05, 4.69) is 16.0 Å². The molecule has 51 heavy (non-hydrogen) atoms. The van der Waals surface area contributed by atoms with Crippen molar-refractivity contribution in [1.29, 1.82) is 5.41 Å². The van der Waals surface area contributed by atoms with Crippen LogP contribution < -0.4 is 21.7 Å². The van der Waals surface area contributed by atoms with Gasteiger partial charge in [-0.15, -0.1) is 11.3 Å². The van der Waals surface area contributed by atoms with Gasteiger partial charge in [-0.2, -0.15) is 8.78 Å². The van der Waals surface area contributed by atoms with Gasteiger partial charge in [0.15, 0.2) is 0 Å². The van der Waals surface area contributed by atoms with E-state index in [1.807, 2.05) is 0 Å². The summed E-state index contributed by atoms with van der Waals surface area (Å²) in [5.41, 5.74) is 3.60. The molecule has 3 aromatic rings. The molecule has 2 heterocycles. The maximum Gasteiger partial charge on any atom is 0.407 e. The molecule has 0 bridgehead atoms. The number of hydrogen-bond donors (Lipinski definition) is 6. The van der Waals surface area contributed by atoms with Crippen LogP contribution in [0.1, 0.15) is 58.2 Å². The van der Waals surface area contributed by atoms with Crippen molar-refractivity contribution in [2.24, 2.45) is 5.73 Å². The normalized spacial score (nSPS) is 19.0. The van der Waals surface area contributed by atoms with E-state index in [1.54, 1.807) is 24.4 Å². The van der Waals surface area contributed by atoms with Gasteiger partial charge in [-0.3, -0.25) is 24.6 Å². The molecule has 1 aliphatic heterocycles. The van der Waals surface area contributed by atoms with Crippen molar-refractivity contribution in [3.63, 3.8) is 0 Å². The van der Waals surface area contributed by atoms with E-state index in [4.69, 9.17) is 11.1 Å². The lowest BCUT2D eigenvalue weighted by atomic mass is 10.0. The summed E-state index contributed by atoms with van der Waals surface area (Å²) >= 11 is 1.23. The zero-order valence-corrected chi connectivity index (χ0v) is 28.4. The summed E-state index contributed by atoms with van der Waals surface area (Å²) in [4.78, 5) is 65.9. The van der Waals surface area contributed by atoms with Gasteiger partial charge < -0.3 is 36.6 Å². The van der Waals surface area contributed by atoms with Crippen LogP contribution in [-0.2, 0) is 20.3 Å². The predicted molar refractivity (Wildman–Crippen MR) is 181 cm³/mol. The summed E-state index contributed by atoms with van der Waals surface area (Å²) in [5.74, 6) is -6.19. The first-order chi connectivity index (χ1) is 24.0. The molecule has 1 aliphatic carbocycles. The number of nitrogens with two attached hydrogens (primary N) is 1. The first kappa shape index (κ1) is 36.8. The minimum atomic E-state index is -3.25. The number of amidine groups is 1. The lowest BCUT2D eigenvalue weighted by Crippen LogP contribution is -2.50. The van der Waals surface area contributed by atoms with E-state index in [-0.39, 0.29) is 46.7 Å². The Morgan fingerprint density at radius 3 is 2.43 bits per heavy atom. The number of nitrogen functional groups attached to an aromatic ring is 1. The topological polar surface area (TPSA) is 198 Å². The fourth-order valence-corrected chi connectivity index (χ4v) is 7.20. The lowest BCUT2D eigenvalue weighted by molar-refractivity contribution is -0.138. The molecule has 1 aromatic heterocycles. The molecule has 13 nitrogen and oxygen atoms in total. The number of amides is 5. The quantitative estimate of drug-likeness (QED) is 0.122. The van der Waals surface area contributed by atoms with Gasteiger partial charge in [0.05, 0.1) is 25.7 Å². The van der Waals surface area contributed by atoms with E-state index in [0.29, 0.717) is 10.4 Å². The summed E-state index contributed by atoms with van der Waals surface area (Å²) < 4.78 is 46.5. The van der Waals surface area contributed by atoms with Crippen LogP contribution in [0.3, 0.4) is 0 Å². The van der Waals surface area contributed by atoms with Gasteiger partial charge in [0.25, 0.3) is 11.8 Å². The molecule has 0 unspecified atom stereocenters. The number of likely N-dealkylation sites (tertiary alicyclic amines) is 1. The van der Waals surface area contributed by atoms with Crippen LogP contribution in [-0.4, -0.2) is 94.9 Å². The van der Waals surface area contributed by atoms with E-state index < -0.39 is 79.5 Å². The highest BCUT2D eigenvalue weighted by atomic mass is 32.1. The molecule has 1 fully saturated rings. The van der Waals surface area contributed by atoms with Crippen molar-refractivity contribution in [2.45, 2.75) is 43.9 Å². The number of carbonyl (C=O) groups is 5. The van der Waals surface area contributed by atoms with Crippen LogP contribution in [0.25, 0.3) is 11.1 Å². The molecule has 5 amide bonds. The van der Waals surface area contributed by atoms with Crippen molar-refractivity contribution in [2.75, 3.05) is 32.7 Å². The summed E-state index contributed by atoms with van der Waals surface area (Å²) in [6.45, 7) is 0.453. The van der Waals surface area contributed by atoms with Gasteiger partial charge in [0, 0.05) is 58.9 Å². The van der Waals surface area contributed by atoms with Gasteiger partial charge >= 0.3 is 6.09 Å². The molecule has 0 radical (unpaired) electrons. The van der Waals surface area contributed by atoms with Crippen molar-refractivity contribution in [1.82, 2.24) is 25.8 Å². The van der Waals surface area contributed by atoms with Gasteiger partial charge in [0.1, 0.15) is 17.5 Å². The second-order valence-electron chi connectivity index (χ2n) is 12.5. The Morgan fingerprint density at radius 2 is 1.76 bits per heavy atom. The molecule has 270 valence electrons. The molecule has 1 saturated heterocycles. The minimum Gasteiger partial charge on any atom is -0.465 e. The first-order valence-corrected chi connectivity index (χ1v) is 16.7. The SMILES string of the molecule is CC(=O)NCCN(C[C@@]1(F)C[C@@H](C(=O)N[C@H](C)c2cc(C(=N)N)cs2)N(C(=O)CNC(=O)c2ccc3c(c2)-c2ccccc2C3(F)F)C1)C(=O)O. The highest BCUT2D eigenvalue weighted by Crippen LogP contribution is 2.51. The van der Waals surface area contributed by atoms with Gasteiger partial charge in [-0.05, 0) is 36.2 Å². The fourth-order valence-electron chi connectivity index (χ4n) is 6.28. The Hall–Kier alpha value is -5.45. The average Bonchev–Trinajstić information content (AvgIpc) is 3.77. The molecule has 0 saturated carbocycles. The van der Waals surface area contributed by atoms with Crippen LogP contribution in [0, 0.1) is 5.41 Å². The fraction of sp³-hybridized carbons (Fsp3) is 0.353. The zero-order valence-electron chi connectivity index (χ0n) is 27.6. The molecule has 5 rings (SSSR count). The molecule has 17 heteroatoms. The minimum absolute atomic E-state index is 0.00409. The van der Waals surface area contributed by atoms with Gasteiger partial charge in [-0.1, -0.05) is 30.3 Å². The van der Waals surface area contributed by atoms with Crippen LogP contribution in [0.15, 0.2) is 53.9 Å². The monoisotopic (exact) mass is 727 g/mol. The number of alkyl halides is 3. The summed E-state index contributed by atoms with van der Waals surface area (Å²) in [7, 11) is 0. The second kappa shape index (κ2) is 14.4. The van der Waals surface area contributed by atoms with E-state index in [0.717, 1.165) is 15.9 Å². The summed E-state index contributed by atoms with van der Waals surface area (Å²) in [6.07, 6.45) is -2.05. The number of carbonyl (C=O) groups excluding carboxylic acids is 4. The standard InChI is InChI=1S/C34H36F3N7O6S/c1-18(27-12-21(15-51-27)29(38)39)42-31(48)26-13-33(35,16-43(32(49)50)10-9-40-19(2)45)17-44(26)28(46)14-41-30(47)20-7-8-25-23(11-20)22-5-3-4-6-24(22)34(25,36)37/h3-8,11-12,15,18,26H,9-10,13-14,16-17H2,1-2H3,(H3,38,39)(H,40,45)(H,41,47)(H,42,48)(H,49,50)/t18-,26+,33+/m1/s1. The van der Waals surface area contributed by atoms with Crippen molar-refractivity contribution in [3.05, 3.63) is 81.0 Å². The molecule has 3 atom stereocenters. The van der Waals surface area contributed by atoms with Crippen LogP contribution in [0.5, 0.6) is 0 Å². The summed E-state index contributed by atoms with van der Waals surface area (Å²) in [6, 6.07) is 9.17. The second-order valence-corrected chi connectivity index (χ2v) is 13.5. The predicted octanol–water partition coefficient (Wildman–Crippen LogP) is 3.19. The summed E-state index contributed by atoms with van der Waals surface area (Å²) in [5, 5.41) is 26.6. The third-order valence-corrected chi connectivity index (χ3v) is 9.92. The third-order valence-electron chi connectivity index (χ3n) is 8.80. The zero-order chi connectivity index (χ0) is 37.2. The Morgan fingerprint density at radius 1 is 1.06 bits per heavy atom. The molecule has 2 aliphatic rings. The smallest absolute Gasteiger partial charge is 0.407 e. The Bertz CT molecular complexity index is 1900. The third kappa shape index (κ3) is 7.82. The molecule has 2 aromatic carbocycles. The molecular formula is C34H36F3N7O6S. The van der Waals surface area contributed by atoms with Crippen molar-refractivity contribution < 1.29 is 42.3 Å². The average molecular weight is 728 g/mol.